The number of carbonyl (C=O) groups excluding carboxylic acids is 1. The lowest BCUT2D eigenvalue weighted by atomic mass is 10.2. The van der Waals surface area contributed by atoms with E-state index in [4.69, 9.17) is 10.00 Å². The molecule has 0 aromatic heterocycles. The van der Waals surface area contributed by atoms with Gasteiger partial charge in [0, 0.05) is 18.8 Å². The largest absolute Gasteiger partial charge is 0.379 e. The van der Waals surface area contributed by atoms with Crippen molar-refractivity contribution in [3.05, 3.63) is 65.2 Å². The molecule has 1 aliphatic heterocycles. The number of nitrogens with zero attached hydrogens (tertiary/aromatic N) is 2. The summed E-state index contributed by atoms with van der Waals surface area (Å²) in [6.45, 7) is 15.6. The zero-order valence-electron chi connectivity index (χ0n) is 19.4. The van der Waals surface area contributed by atoms with Crippen molar-refractivity contribution in [1.29, 1.82) is 5.26 Å². The molecule has 0 spiro atoms. The van der Waals surface area contributed by atoms with Gasteiger partial charge in [0.15, 0.2) is 0 Å². The molecule has 0 bridgehead atoms. The third kappa shape index (κ3) is 12.0. The minimum atomic E-state index is 0.0377. The van der Waals surface area contributed by atoms with Gasteiger partial charge in [0.1, 0.15) is 0 Å². The van der Waals surface area contributed by atoms with E-state index in [1.54, 1.807) is 6.07 Å². The molecule has 2 aromatic rings. The summed E-state index contributed by atoms with van der Waals surface area (Å²) < 4.78 is 5.24. The number of aryl methyl sites for hydroxylation is 2. The maximum Gasteiger partial charge on any atom is 0.238 e. The van der Waals surface area contributed by atoms with Gasteiger partial charge < -0.3 is 10.1 Å². The van der Waals surface area contributed by atoms with Crippen molar-refractivity contribution in [2.75, 3.05) is 38.2 Å². The minimum Gasteiger partial charge on any atom is -0.379 e. The zero-order chi connectivity index (χ0) is 22.8. The fraction of sp³-hybridized carbons (Fsp3) is 0.440. The number of nitrogens with one attached hydrogen (secondary N) is 1. The van der Waals surface area contributed by atoms with Crippen LogP contribution in [-0.2, 0) is 9.53 Å². The van der Waals surface area contributed by atoms with Gasteiger partial charge in [-0.05, 0) is 43.7 Å². The molecule has 2 aromatic carbocycles. The monoisotopic (exact) mass is 411 g/mol. The first-order chi connectivity index (χ1) is 14.6. The Bertz CT molecular complexity index is 746. The Kier molecular flexibility index (Phi) is 15.7. The molecule has 1 heterocycles. The van der Waals surface area contributed by atoms with Gasteiger partial charge in [-0.1, -0.05) is 57.5 Å². The van der Waals surface area contributed by atoms with Crippen LogP contribution in [-0.4, -0.2) is 43.7 Å². The van der Waals surface area contributed by atoms with Gasteiger partial charge in [-0.2, -0.15) is 5.26 Å². The first kappa shape index (κ1) is 27.3. The van der Waals surface area contributed by atoms with Crippen molar-refractivity contribution in [3.63, 3.8) is 0 Å². The summed E-state index contributed by atoms with van der Waals surface area (Å²) in [6, 6.07) is 17.4. The molecule has 0 aliphatic carbocycles. The van der Waals surface area contributed by atoms with E-state index in [1.807, 2.05) is 84.0 Å². The van der Waals surface area contributed by atoms with Crippen LogP contribution in [0.25, 0.3) is 0 Å². The molecular weight excluding hydrogens is 374 g/mol. The van der Waals surface area contributed by atoms with Crippen molar-refractivity contribution in [2.45, 2.75) is 41.5 Å². The summed E-state index contributed by atoms with van der Waals surface area (Å²) in [4.78, 5) is 13.9. The molecule has 1 amide bonds. The van der Waals surface area contributed by atoms with Gasteiger partial charge in [-0.15, -0.1) is 0 Å². The number of anilines is 1. The highest BCUT2D eigenvalue weighted by Gasteiger charge is 2.13. The average Bonchev–Trinajstić information content (AvgIpc) is 2.79. The van der Waals surface area contributed by atoms with Crippen LogP contribution in [0, 0.1) is 25.2 Å². The van der Waals surface area contributed by atoms with E-state index in [-0.39, 0.29) is 5.91 Å². The van der Waals surface area contributed by atoms with Crippen molar-refractivity contribution in [1.82, 2.24) is 4.90 Å². The average molecular weight is 412 g/mol. The SMILES string of the molecule is CC.CC.Cc1ccc(NC(=O)CN2CCOCC2)cc1.Cc1cccc(C#N)c1. The van der Waals surface area contributed by atoms with E-state index in [0.29, 0.717) is 6.54 Å². The molecule has 5 heteroatoms. The molecule has 1 aliphatic rings. The minimum absolute atomic E-state index is 0.0377. The second-order valence-electron chi connectivity index (χ2n) is 6.28. The first-order valence-electron chi connectivity index (χ1n) is 10.7. The van der Waals surface area contributed by atoms with Crippen LogP contribution < -0.4 is 5.32 Å². The normalized spacial score (nSPS) is 12.4. The number of hydrogen-bond acceptors (Lipinski definition) is 4. The number of morpholine rings is 1. The highest BCUT2D eigenvalue weighted by atomic mass is 16.5. The molecule has 30 heavy (non-hydrogen) atoms. The van der Waals surface area contributed by atoms with Crippen molar-refractivity contribution in [3.8, 4) is 6.07 Å². The molecule has 1 saturated heterocycles. The molecule has 0 radical (unpaired) electrons. The Morgan fingerprint density at radius 3 is 2.10 bits per heavy atom. The third-order valence-corrected chi connectivity index (χ3v) is 3.95. The van der Waals surface area contributed by atoms with Crippen molar-refractivity contribution in [2.24, 2.45) is 0 Å². The van der Waals surface area contributed by atoms with Crippen molar-refractivity contribution < 1.29 is 9.53 Å². The summed E-state index contributed by atoms with van der Waals surface area (Å²) in [6.07, 6.45) is 0. The maximum atomic E-state index is 11.8. The van der Waals surface area contributed by atoms with Crippen LogP contribution in [0.3, 0.4) is 0 Å². The number of benzene rings is 2. The Hall–Kier alpha value is -2.68. The van der Waals surface area contributed by atoms with Crippen molar-refractivity contribution >= 4 is 11.6 Å². The van der Waals surface area contributed by atoms with E-state index < -0.39 is 0 Å². The van der Waals surface area contributed by atoms with E-state index >= 15 is 0 Å². The number of hydrogen-bond donors (Lipinski definition) is 1. The van der Waals surface area contributed by atoms with Gasteiger partial charge in [-0.3, -0.25) is 9.69 Å². The lowest BCUT2D eigenvalue weighted by Crippen LogP contribution is -2.41. The lowest BCUT2D eigenvalue weighted by Gasteiger charge is -2.25. The van der Waals surface area contributed by atoms with E-state index in [9.17, 15) is 4.79 Å². The molecule has 1 fully saturated rings. The van der Waals surface area contributed by atoms with Gasteiger partial charge >= 0.3 is 0 Å². The molecular formula is C25H37N3O2. The Morgan fingerprint density at radius 1 is 1.00 bits per heavy atom. The summed E-state index contributed by atoms with van der Waals surface area (Å²) in [7, 11) is 0. The van der Waals surface area contributed by atoms with E-state index in [0.717, 1.165) is 43.1 Å². The third-order valence-electron chi connectivity index (χ3n) is 3.95. The second kappa shape index (κ2) is 17.2. The van der Waals surface area contributed by atoms with Crippen LogP contribution in [0.1, 0.15) is 44.4 Å². The van der Waals surface area contributed by atoms with Gasteiger partial charge in [-0.25, -0.2) is 0 Å². The lowest BCUT2D eigenvalue weighted by molar-refractivity contribution is -0.118. The Balaban J connectivity index is 0.000000547. The smallest absolute Gasteiger partial charge is 0.238 e. The van der Waals surface area contributed by atoms with Crippen LogP contribution in [0.15, 0.2) is 48.5 Å². The fourth-order valence-corrected chi connectivity index (χ4v) is 2.51. The predicted octanol–water partition coefficient (Wildman–Crippen LogP) is 5.18. The van der Waals surface area contributed by atoms with Gasteiger partial charge in [0.25, 0.3) is 0 Å². The van der Waals surface area contributed by atoms with Gasteiger partial charge in [0.2, 0.25) is 5.91 Å². The van der Waals surface area contributed by atoms with E-state index in [1.165, 1.54) is 5.56 Å². The molecule has 0 unspecified atom stereocenters. The summed E-state index contributed by atoms with van der Waals surface area (Å²) >= 11 is 0. The molecule has 1 N–H and O–H groups in total. The topological polar surface area (TPSA) is 65.4 Å². The van der Waals surface area contributed by atoms with Gasteiger partial charge in [0.05, 0.1) is 31.4 Å². The maximum absolute atomic E-state index is 11.8. The van der Waals surface area contributed by atoms with Crippen LogP contribution in [0.5, 0.6) is 0 Å². The summed E-state index contributed by atoms with van der Waals surface area (Å²) in [5, 5.41) is 11.3. The molecule has 164 valence electrons. The zero-order valence-corrected chi connectivity index (χ0v) is 19.4. The highest BCUT2D eigenvalue weighted by Crippen LogP contribution is 2.08. The summed E-state index contributed by atoms with van der Waals surface area (Å²) in [5.74, 6) is 0.0377. The van der Waals surface area contributed by atoms with Crippen LogP contribution in [0.2, 0.25) is 0 Å². The standard InChI is InChI=1S/C13H18N2O2.C8H7N.2C2H6/c1-11-2-4-12(5-3-11)14-13(16)10-15-6-8-17-9-7-15;1-7-3-2-4-8(5-7)6-9;2*1-2/h2-5H,6-10H2,1H3,(H,14,16);2-5H,1H3;2*1-2H3. The van der Waals surface area contributed by atoms with Crippen LogP contribution in [0.4, 0.5) is 5.69 Å². The Labute approximate surface area is 182 Å². The highest BCUT2D eigenvalue weighted by molar-refractivity contribution is 5.92. The number of nitriles is 1. The number of amides is 1. The molecule has 5 nitrogen and oxygen atoms in total. The fourth-order valence-electron chi connectivity index (χ4n) is 2.51. The van der Waals surface area contributed by atoms with Crippen LogP contribution >= 0.6 is 0 Å². The number of rotatable bonds is 3. The molecule has 0 saturated carbocycles. The number of ether oxygens (including phenoxy) is 1. The predicted molar refractivity (Wildman–Crippen MR) is 126 cm³/mol. The Morgan fingerprint density at radius 2 is 1.60 bits per heavy atom. The van der Waals surface area contributed by atoms with E-state index in [2.05, 4.69) is 16.3 Å². The molecule has 3 rings (SSSR count). The second-order valence-corrected chi connectivity index (χ2v) is 6.28. The summed E-state index contributed by atoms with van der Waals surface area (Å²) in [5.41, 5.74) is 3.91. The number of carbonyl (C=O) groups is 1. The first-order valence-corrected chi connectivity index (χ1v) is 10.7. The molecule has 0 atom stereocenters. The quantitative estimate of drug-likeness (QED) is 0.755.